The van der Waals surface area contributed by atoms with Crippen LogP contribution in [-0.2, 0) is 13.6 Å². The maximum atomic E-state index is 14.1. The predicted molar refractivity (Wildman–Crippen MR) is 89.5 cm³/mol. The van der Waals surface area contributed by atoms with E-state index in [2.05, 4.69) is 4.98 Å². The first kappa shape index (κ1) is 17.9. The monoisotopic (exact) mass is 334 g/mol. The summed E-state index contributed by atoms with van der Waals surface area (Å²) in [7, 11) is 7.20. The average Bonchev–Trinajstić information content (AvgIpc) is 2.96. The Morgan fingerprint density at radius 1 is 1.33 bits per heavy atom. The van der Waals surface area contributed by atoms with E-state index in [-0.39, 0.29) is 11.5 Å². The van der Waals surface area contributed by atoms with E-state index >= 15 is 0 Å². The van der Waals surface area contributed by atoms with E-state index in [0.29, 0.717) is 25.4 Å². The van der Waals surface area contributed by atoms with E-state index in [0.717, 1.165) is 5.82 Å². The molecular formula is C17H23FN4O2. The second kappa shape index (κ2) is 7.92. The molecule has 0 saturated heterocycles. The minimum atomic E-state index is -0.560. The third-order valence-corrected chi connectivity index (χ3v) is 3.76. The molecule has 0 N–H and O–H groups in total. The highest BCUT2D eigenvalue weighted by atomic mass is 19.1. The van der Waals surface area contributed by atoms with Gasteiger partial charge in [-0.2, -0.15) is 0 Å². The molecule has 0 aliphatic carbocycles. The third kappa shape index (κ3) is 4.32. The molecule has 0 aliphatic rings. The first-order valence-electron chi connectivity index (χ1n) is 7.66. The maximum Gasteiger partial charge on any atom is 0.257 e. The number of ether oxygens (including phenoxy) is 1. The van der Waals surface area contributed by atoms with Gasteiger partial charge in [-0.05, 0) is 32.3 Å². The summed E-state index contributed by atoms with van der Waals surface area (Å²) in [6.45, 7) is 1.45. The van der Waals surface area contributed by atoms with E-state index in [1.807, 2.05) is 36.8 Å². The van der Waals surface area contributed by atoms with Crippen LogP contribution in [0.2, 0.25) is 0 Å². The molecule has 1 heterocycles. The standard InChI is InChI=1S/C17H23FN4O2/c1-20(2)9-10-22(12-16-19-7-8-21(16)3)17(23)14-11-13(24-4)5-6-15(14)18/h5-8,11H,9-10,12H2,1-4H3. The summed E-state index contributed by atoms with van der Waals surface area (Å²) in [6, 6.07) is 4.17. The zero-order valence-electron chi connectivity index (χ0n) is 14.5. The van der Waals surface area contributed by atoms with Gasteiger partial charge in [-0.1, -0.05) is 0 Å². The number of hydrogen-bond donors (Lipinski definition) is 0. The summed E-state index contributed by atoms with van der Waals surface area (Å²) in [6.07, 6.45) is 3.49. The van der Waals surface area contributed by atoms with Crippen molar-refractivity contribution < 1.29 is 13.9 Å². The van der Waals surface area contributed by atoms with Gasteiger partial charge in [0.15, 0.2) is 0 Å². The number of methoxy groups -OCH3 is 1. The van der Waals surface area contributed by atoms with Crippen molar-refractivity contribution in [3.8, 4) is 5.75 Å². The number of carbonyl (C=O) groups excluding carboxylic acids is 1. The fourth-order valence-electron chi connectivity index (χ4n) is 2.26. The molecule has 0 spiro atoms. The summed E-state index contributed by atoms with van der Waals surface area (Å²) in [5.74, 6) is 0.251. The van der Waals surface area contributed by atoms with Crippen molar-refractivity contribution in [1.82, 2.24) is 19.4 Å². The van der Waals surface area contributed by atoms with Gasteiger partial charge in [0, 0.05) is 32.5 Å². The van der Waals surface area contributed by atoms with E-state index in [1.165, 1.54) is 25.3 Å². The second-order valence-corrected chi connectivity index (χ2v) is 5.83. The van der Waals surface area contributed by atoms with Crippen LogP contribution in [0, 0.1) is 5.82 Å². The number of carbonyl (C=O) groups is 1. The quantitative estimate of drug-likeness (QED) is 0.774. The number of aryl methyl sites for hydroxylation is 1. The normalized spacial score (nSPS) is 10.9. The van der Waals surface area contributed by atoms with E-state index in [4.69, 9.17) is 4.74 Å². The molecule has 130 valence electrons. The highest BCUT2D eigenvalue weighted by Crippen LogP contribution is 2.19. The van der Waals surface area contributed by atoms with Crippen molar-refractivity contribution in [2.24, 2.45) is 7.05 Å². The SMILES string of the molecule is COc1ccc(F)c(C(=O)N(CCN(C)C)Cc2nccn2C)c1. The third-order valence-electron chi connectivity index (χ3n) is 3.76. The van der Waals surface area contributed by atoms with Crippen molar-refractivity contribution in [2.75, 3.05) is 34.3 Å². The minimum absolute atomic E-state index is 0.00214. The van der Waals surface area contributed by atoms with Gasteiger partial charge in [-0.15, -0.1) is 0 Å². The van der Waals surface area contributed by atoms with Crippen LogP contribution in [-0.4, -0.2) is 59.6 Å². The Morgan fingerprint density at radius 2 is 2.08 bits per heavy atom. The molecule has 7 heteroatoms. The van der Waals surface area contributed by atoms with Crippen LogP contribution in [0.1, 0.15) is 16.2 Å². The van der Waals surface area contributed by atoms with Crippen LogP contribution in [0.3, 0.4) is 0 Å². The molecular weight excluding hydrogens is 311 g/mol. The number of nitrogens with zero attached hydrogens (tertiary/aromatic N) is 4. The van der Waals surface area contributed by atoms with Gasteiger partial charge in [-0.3, -0.25) is 4.79 Å². The summed E-state index contributed by atoms with van der Waals surface area (Å²) >= 11 is 0. The lowest BCUT2D eigenvalue weighted by Crippen LogP contribution is -2.37. The molecule has 0 aliphatic heterocycles. The molecule has 2 rings (SSSR count). The summed E-state index contributed by atoms with van der Waals surface area (Å²) < 4.78 is 21.1. The van der Waals surface area contributed by atoms with E-state index in [9.17, 15) is 9.18 Å². The van der Waals surface area contributed by atoms with E-state index < -0.39 is 5.82 Å². The first-order valence-corrected chi connectivity index (χ1v) is 7.66. The fourth-order valence-corrected chi connectivity index (χ4v) is 2.26. The van der Waals surface area contributed by atoms with Gasteiger partial charge in [0.1, 0.15) is 17.4 Å². The van der Waals surface area contributed by atoms with Crippen LogP contribution >= 0.6 is 0 Å². The molecule has 0 atom stereocenters. The van der Waals surface area contributed by atoms with Gasteiger partial charge in [0.2, 0.25) is 0 Å². The molecule has 0 unspecified atom stereocenters. The molecule has 0 saturated carbocycles. The predicted octanol–water partition coefficient (Wildman–Crippen LogP) is 1.77. The molecule has 0 radical (unpaired) electrons. The number of benzene rings is 1. The minimum Gasteiger partial charge on any atom is -0.497 e. The lowest BCUT2D eigenvalue weighted by molar-refractivity contribution is 0.0721. The smallest absolute Gasteiger partial charge is 0.257 e. The van der Waals surface area contributed by atoms with Crippen molar-refractivity contribution in [2.45, 2.75) is 6.54 Å². The molecule has 6 nitrogen and oxygen atoms in total. The Kier molecular flexibility index (Phi) is 5.92. The maximum absolute atomic E-state index is 14.1. The molecule has 1 aromatic heterocycles. The number of rotatable bonds is 7. The average molecular weight is 334 g/mol. The van der Waals surface area contributed by atoms with Crippen LogP contribution in [0.5, 0.6) is 5.75 Å². The fraction of sp³-hybridized carbons (Fsp3) is 0.412. The van der Waals surface area contributed by atoms with Gasteiger partial charge < -0.3 is 19.1 Å². The number of aromatic nitrogens is 2. The Labute approximate surface area is 141 Å². The van der Waals surface area contributed by atoms with E-state index in [1.54, 1.807) is 11.1 Å². The zero-order valence-corrected chi connectivity index (χ0v) is 14.5. The van der Waals surface area contributed by atoms with Gasteiger partial charge in [0.25, 0.3) is 5.91 Å². The van der Waals surface area contributed by atoms with Gasteiger partial charge in [0.05, 0.1) is 19.2 Å². The lowest BCUT2D eigenvalue weighted by Gasteiger charge is -2.24. The highest BCUT2D eigenvalue weighted by molar-refractivity contribution is 5.94. The second-order valence-electron chi connectivity index (χ2n) is 5.83. The van der Waals surface area contributed by atoms with Crippen molar-refractivity contribution >= 4 is 5.91 Å². The van der Waals surface area contributed by atoms with Crippen LogP contribution < -0.4 is 4.74 Å². The molecule has 1 aromatic carbocycles. The number of likely N-dealkylation sites (N-methyl/N-ethyl adjacent to an activating group) is 1. The molecule has 0 bridgehead atoms. The Bertz CT molecular complexity index is 700. The van der Waals surface area contributed by atoms with Crippen LogP contribution in [0.25, 0.3) is 0 Å². The van der Waals surface area contributed by atoms with Gasteiger partial charge >= 0.3 is 0 Å². The Hall–Kier alpha value is -2.41. The summed E-state index contributed by atoms with van der Waals surface area (Å²) in [5.41, 5.74) is 0.00214. The van der Waals surface area contributed by atoms with Crippen LogP contribution in [0.15, 0.2) is 30.6 Å². The summed E-state index contributed by atoms with van der Waals surface area (Å²) in [4.78, 5) is 20.7. The zero-order chi connectivity index (χ0) is 17.7. The van der Waals surface area contributed by atoms with Crippen molar-refractivity contribution in [1.29, 1.82) is 0 Å². The topological polar surface area (TPSA) is 50.6 Å². The largest absolute Gasteiger partial charge is 0.497 e. The molecule has 2 aromatic rings. The molecule has 1 amide bonds. The van der Waals surface area contributed by atoms with Crippen molar-refractivity contribution in [3.63, 3.8) is 0 Å². The Morgan fingerprint density at radius 3 is 2.67 bits per heavy atom. The first-order chi connectivity index (χ1) is 11.4. The van der Waals surface area contributed by atoms with Gasteiger partial charge in [-0.25, -0.2) is 9.37 Å². The lowest BCUT2D eigenvalue weighted by atomic mass is 10.1. The summed E-state index contributed by atoms with van der Waals surface area (Å²) in [5, 5.41) is 0. The highest BCUT2D eigenvalue weighted by Gasteiger charge is 2.21. The number of hydrogen-bond acceptors (Lipinski definition) is 4. The van der Waals surface area contributed by atoms with Crippen LogP contribution in [0.4, 0.5) is 4.39 Å². The number of amides is 1. The Balaban J connectivity index is 2.28. The molecule has 24 heavy (non-hydrogen) atoms. The number of imidazole rings is 1. The van der Waals surface area contributed by atoms with Crippen molar-refractivity contribution in [3.05, 3.63) is 47.8 Å². The number of halogens is 1. The molecule has 0 fully saturated rings.